The van der Waals surface area contributed by atoms with Crippen molar-refractivity contribution in [3.8, 4) is 33.4 Å². The molecule has 0 aromatic heterocycles. The second-order valence-electron chi connectivity index (χ2n) is 20.1. The molecule has 0 aliphatic heterocycles. The molecule has 0 heterocycles. The zero-order chi connectivity index (χ0) is 48.6. The van der Waals surface area contributed by atoms with Gasteiger partial charge in [0.15, 0.2) is 0 Å². The summed E-state index contributed by atoms with van der Waals surface area (Å²) in [6.45, 7) is 4.74. The van der Waals surface area contributed by atoms with Crippen molar-refractivity contribution < 1.29 is 0 Å². The topological polar surface area (TPSA) is 6.48 Å². The summed E-state index contributed by atoms with van der Waals surface area (Å²) < 4.78 is 0. The fourth-order valence-corrected chi connectivity index (χ4v) is 12.0. The lowest BCUT2D eigenvalue weighted by Gasteiger charge is -2.29. The lowest BCUT2D eigenvalue weighted by Crippen LogP contribution is -2.16. The lowest BCUT2D eigenvalue weighted by atomic mass is 9.82. The summed E-state index contributed by atoms with van der Waals surface area (Å²) in [6, 6.07) is 98.9. The predicted molar refractivity (Wildman–Crippen MR) is 312 cm³/mol. The average Bonchev–Trinajstić information content (AvgIpc) is 3.67. The molecular weight excluding hydrogens is 881 g/mol. The fourth-order valence-electron chi connectivity index (χ4n) is 12.0. The molecular formula is C71H50N2. The van der Waals surface area contributed by atoms with E-state index < -0.39 is 0 Å². The molecule has 0 fully saturated rings. The van der Waals surface area contributed by atoms with Crippen LogP contribution in [0, 0.1) is 0 Å². The molecule has 0 saturated carbocycles. The molecule has 0 N–H and O–H groups in total. The van der Waals surface area contributed by atoms with Gasteiger partial charge in [0, 0.05) is 39.5 Å². The van der Waals surface area contributed by atoms with Gasteiger partial charge in [-0.1, -0.05) is 196 Å². The van der Waals surface area contributed by atoms with Gasteiger partial charge in [0.25, 0.3) is 0 Å². The number of rotatable bonds is 8. The van der Waals surface area contributed by atoms with Crippen LogP contribution in [0.25, 0.3) is 87.2 Å². The van der Waals surface area contributed by atoms with E-state index in [0.717, 1.165) is 34.1 Å². The van der Waals surface area contributed by atoms with Gasteiger partial charge in [-0.05, 0) is 183 Å². The van der Waals surface area contributed by atoms with Crippen LogP contribution in [0.4, 0.5) is 34.1 Å². The molecule has 1 aliphatic carbocycles. The first-order valence-electron chi connectivity index (χ1n) is 25.4. The van der Waals surface area contributed by atoms with Crippen LogP contribution in [0.1, 0.15) is 25.0 Å². The highest BCUT2D eigenvalue weighted by molar-refractivity contribution is 6.23. The number of nitrogens with zero attached hydrogens (tertiary/aromatic N) is 2. The van der Waals surface area contributed by atoms with Crippen LogP contribution >= 0.6 is 0 Å². The Morgan fingerprint density at radius 3 is 1.18 bits per heavy atom. The molecule has 13 aromatic carbocycles. The lowest BCUT2D eigenvalue weighted by molar-refractivity contribution is 0.660. The van der Waals surface area contributed by atoms with Crippen LogP contribution in [0.3, 0.4) is 0 Å². The third kappa shape index (κ3) is 7.09. The minimum absolute atomic E-state index is 0.160. The zero-order valence-electron chi connectivity index (χ0n) is 40.8. The monoisotopic (exact) mass is 930 g/mol. The molecule has 2 nitrogen and oxygen atoms in total. The van der Waals surface area contributed by atoms with Crippen LogP contribution in [0.15, 0.2) is 267 Å². The van der Waals surface area contributed by atoms with Crippen molar-refractivity contribution in [2.45, 2.75) is 19.3 Å². The molecule has 0 radical (unpaired) electrons. The third-order valence-corrected chi connectivity index (χ3v) is 15.5. The summed E-state index contributed by atoms with van der Waals surface area (Å²) in [5.74, 6) is 0. The van der Waals surface area contributed by atoms with Crippen LogP contribution < -0.4 is 9.80 Å². The van der Waals surface area contributed by atoms with Crippen molar-refractivity contribution in [1.82, 2.24) is 0 Å². The fraction of sp³-hybridized carbons (Fsp3) is 0.0423. The van der Waals surface area contributed by atoms with E-state index in [-0.39, 0.29) is 5.41 Å². The summed E-state index contributed by atoms with van der Waals surface area (Å²) in [5.41, 5.74) is 16.6. The van der Waals surface area contributed by atoms with E-state index in [4.69, 9.17) is 0 Å². The molecule has 0 bridgehead atoms. The standard InChI is InChI=1S/C71H50N2/c1-71(2)67-28-16-15-27-61(67)62-38-35-60(46-68(62)71)73(57-34-33-49-19-11-14-22-52(49)43-57)59-37-40-64-66(45-59)70(54-32-30-48-18-10-13-21-51(48)42-54)63-39-36-58(72(55-23-5-3-6-24-55)56-25-7-4-8-26-56)44-65(63)69(64)53-31-29-47-17-9-12-20-50(47)41-53/h3-46H,1-2H3. The molecule has 0 amide bonds. The molecule has 0 saturated heterocycles. The third-order valence-electron chi connectivity index (χ3n) is 15.5. The van der Waals surface area contributed by atoms with Crippen molar-refractivity contribution in [3.05, 3.63) is 278 Å². The molecule has 2 heteroatoms. The number of anilines is 6. The van der Waals surface area contributed by atoms with Crippen LogP contribution in [0.2, 0.25) is 0 Å². The minimum atomic E-state index is -0.160. The summed E-state index contributed by atoms with van der Waals surface area (Å²) in [6.07, 6.45) is 0. The Labute approximate surface area is 426 Å². The highest BCUT2D eigenvalue weighted by Crippen LogP contribution is 2.52. The first kappa shape index (κ1) is 42.6. The van der Waals surface area contributed by atoms with Crippen LogP contribution in [-0.2, 0) is 5.41 Å². The molecule has 0 unspecified atom stereocenters. The Balaban J connectivity index is 1.08. The maximum absolute atomic E-state index is 2.48. The normalized spacial score (nSPS) is 12.6. The first-order valence-corrected chi connectivity index (χ1v) is 25.4. The van der Waals surface area contributed by atoms with Gasteiger partial charge in [-0.15, -0.1) is 0 Å². The number of fused-ring (bicyclic) bond motifs is 8. The maximum Gasteiger partial charge on any atom is 0.0468 e. The smallest absolute Gasteiger partial charge is 0.0468 e. The summed E-state index contributed by atoms with van der Waals surface area (Å²) in [5, 5.41) is 12.1. The van der Waals surface area contributed by atoms with Gasteiger partial charge >= 0.3 is 0 Å². The molecule has 344 valence electrons. The number of para-hydroxylation sites is 2. The molecule has 1 aliphatic rings. The molecule has 13 aromatic rings. The van der Waals surface area contributed by atoms with Crippen LogP contribution in [0.5, 0.6) is 0 Å². The van der Waals surface area contributed by atoms with Gasteiger partial charge in [0.1, 0.15) is 0 Å². The van der Waals surface area contributed by atoms with E-state index in [2.05, 4.69) is 291 Å². The van der Waals surface area contributed by atoms with Gasteiger partial charge in [0.05, 0.1) is 0 Å². The van der Waals surface area contributed by atoms with E-state index in [1.165, 1.54) is 98.4 Å². The predicted octanol–water partition coefficient (Wildman–Crippen LogP) is 20.0. The van der Waals surface area contributed by atoms with E-state index in [0.29, 0.717) is 0 Å². The highest BCUT2D eigenvalue weighted by atomic mass is 15.1. The maximum atomic E-state index is 2.48. The number of benzene rings is 13. The molecule has 0 spiro atoms. The summed E-state index contributed by atoms with van der Waals surface area (Å²) >= 11 is 0. The van der Waals surface area contributed by atoms with Gasteiger partial charge in [-0.25, -0.2) is 0 Å². The largest absolute Gasteiger partial charge is 0.310 e. The molecule has 14 rings (SSSR count). The Morgan fingerprint density at radius 1 is 0.247 bits per heavy atom. The van der Waals surface area contributed by atoms with Crippen molar-refractivity contribution >= 4 is 88.0 Å². The second kappa shape index (κ2) is 17.0. The Bertz CT molecular complexity index is 4260. The molecule has 0 atom stereocenters. The number of hydrogen-bond donors (Lipinski definition) is 0. The average molecular weight is 931 g/mol. The van der Waals surface area contributed by atoms with Crippen molar-refractivity contribution in [1.29, 1.82) is 0 Å². The number of hydrogen-bond acceptors (Lipinski definition) is 2. The summed E-state index contributed by atoms with van der Waals surface area (Å²) in [4.78, 5) is 4.86. The van der Waals surface area contributed by atoms with E-state index >= 15 is 0 Å². The Kier molecular flexibility index (Phi) is 9.91. The van der Waals surface area contributed by atoms with Gasteiger partial charge in [-0.3, -0.25) is 0 Å². The second-order valence-corrected chi connectivity index (χ2v) is 20.1. The van der Waals surface area contributed by atoms with Crippen LogP contribution in [-0.4, -0.2) is 0 Å². The summed E-state index contributed by atoms with van der Waals surface area (Å²) in [7, 11) is 0. The van der Waals surface area contributed by atoms with E-state index in [9.17, 15) is 0 Å². The highest BCUT2D eigenvalue weighted by Gasteiger charge is 2.36. The van der Waals surface area contributed by atoms with E-state index in [1.807, 2.05) is 0 Å². The SMILES string of the molecule is CC1(C)c2ccccc2-c2ccc(N(c3ccc4ccccc4c3)c3ccc4c(-c5ccc6ccccc6c5)c5cc(N(c6ccccc6)c6ccccc6)ccc5c(-c5ccc6ccccc6c5)c4c3)cc21. The van der Waals surface area contributed by atoms with E-state index in [1.54, 1.807) is 0 Å². The first-order chi connectivity index (χ1) is 35.9. The molecule has 73 heavy (non-hydrogen) atoms. The Hall–Kier alpha value is -9.24. The zero-order valence-corrected chi connectivity index (χ0v) is 40.8. The van der Waals surface area contributed by atoms with Crippen molar-refractivity contribution in [3.63, 3.8) is 0 Å². The minimum Gasteiger partial charge on any atom is -0.310 e. The van der Waals surface area contributed by atoms with Gasteiger partial charge < -0.3 is 9.80 Å². The quantitative estimate of drug-likeness (QED) is 0.140. The van der Waals surface area contributed by atoms with Gasteiger partial charge in [0.2, 0.25) is 0 Å². The van der Waals surface area contributed by atoms with Crippen molar-refractivity contribution in [2.24, 2.45) is 0 Å². The van der Waals surface area contributed by atoms with Crippen molar-refractivity contribution in [2.75, 3.05) is 9.80 Å². The van der Waals surface area contributed by atoms with Gasteiger partial charge in [-0.2, -0.15) is 0 Å². The Morgan fingerprint density at radius 2 is 0.630 bits per heavy atom.